The summed E-state index contributed by atoms with van der Waals surface area (Å²) in [5, 5.41) is 9.41. The van der Waals surface area contributed by atoms with Crippen molar-refractivity contribution < 1.29 is 18.3 Å². The number of aliphatic carboxylic acids is 1. The maximum atomic E-state index is 12.2. The average Bonchev–Trinajstić information content (AvgIpc) is 2.14. The highest BCUT2D eigenvalue weighted by molar-refractivity contribution is 7.90. The standard InChI is InChI=1S/C12H23NO4S/c1-9-6-5-7-12(8-9,10(14)15)13-18(16,17)11(2,3)4/h9,13H,5-8H2,1-4H3,(H,14,15). The Morgan fingerprint density at radius 3 is 2.33 bits per heavy atom. The molecule has 6 heteroatoms. The summed E-state index contributed by atoms with van der Waals surface area (Å²) in [5.41, 5.74) is -1.33. The van der Waals surface area contributed by atoms with E-state index in [1.54, 1.807) is 20.8 Å². The highest BCUT2D eigenvalue weighted by atomic mass is 32.2. The van der Waals surface area contributed by atoms with E-state index in [9.17, 15) is 18.3 Å². The van der Waals surface area contributed by atoms with Gasteiger partial charge in [-0.2, -0.15) is 4.72 Å². The van der Waals surface area contributed by atoms with Crippen LogP contribution in [0.25, 0.3) is 0 Å². The van der Waals surface area contributed by atoms with Gasteiger partial charge < -0.3 is 5.11 Å². The molecule has 0 spiro atoms. The van der Waals surface area contributed by atoms with E-state index in [-0.39, 0.29) is 5.92 Å². The SMILES string of the molecule is CC1CCCC(NS(=O)(=O)C(C)(C)C)(C(=O)O)C1. The zero-order valence-electron chi connectivity index (χ0n) is 11.5. The molecule has 1 rings (SSSR count). The molecule has 0 heterocycles. The smallest absolute Gasteiger partial charge is 0.324 e. The topological polar surface area (TPSA) is 83.5 Å². The van der Waals surface area contributed by atoms with Gasteiger partial charge in [-0.25, -0.2) is 8.42 Å². The van der Waals surface area contributed by atoms with E-state index in [0.29, 0.717) is 12.8 Å². The van der Waals surface area contributed by atoms with Gasteiger partial charge >= 0.3 is 5.97 Å². The fraction of sp³-hybridized carbons (Fsp3) is 0.917. The molecule has 0 aromatic carbocycles. The highest BCUT2D eigenvalue weighted by Gasteiger charge is 2.47. The van der Waals surface area contributed by atoms with Gasteiger partial charge in [-0.15, -0.1) is 0 Å². The largest absolute Gasteiger partial charge is 0.480 e. The van der Waals surface area contributed by atoms with Gasteiger partial charge in [0.1, 0.15) is 5.54 Å². The molecule has 1 aliphatic carbocycles. The van der Waals surface area contributed by atoms with Crippen molar-refractivity contribution in [2.75, 3.05) is 0 Å². The normalized spacial score (nSPS) is 30.1. The lowest BCUT2D eigenvalue weighted by molar-refractivity contribution is -0.146. The van der Waals surface area contributed by atoms with Crippen molar-refractivity contribution in [2.45, 2.75) is 63.7 Å². The third kappa shape index (κ3) is 3.03. The van der Waals surface area contributed by atoms with Crippen molar-refractivity contribution in [2.24, 2.45) is 5.92 Å². The summed E-state index contributed by atoms with van der Waals surface area (Å²) in [6, 6.07) is 0. The van der Waals surface area contributed by atoms with Gasteiger partial charge in [-0.3, -0.25) is 4.79 Å². The van der Waals surface area contributed by atoms with E-state index < -0.39 is 26.3 Å². The number of carbonyl (C=O) groups is 1. The molecule has 0 aromatic rings. The van der Waals surface area contributed by atoms with Gasteiger partial charge in [0.2, 0.25) is 10.0 Å². The third-order valence-electron chi connectivity index (χ3n) is 3.54. The van der Waals surface area contributed by atoms with Crippen LogP contribution in [0, 0.1) is 5.92 Å². The summed E-state index contributed by atoms with van der Waals surface area (Å²) >= 11 is 0. The summed E-state index contributed by atoms with van der Waals surface area (Å²) in [7, 11) is -3.66. The van der Waals surface area contributed by atoms with E-state index in [1.807, 2.05) is 6.92 Å². The second-order valence-electron chi connectivity index (χ2n) is 6.31. The first-order valence-electron chi connectivity index (χ1n) is 6.27. The number of carboxylic acids is 1. The van der Waals surface area contributed by atoms with Gasteiger partial charge in [0.15, 0.2) is 0 Å². The molecule has 0 bridgehead atoms. The van der Waals surface area contributed by atoms with Crippen LogP contribution in [0.3, 0.4) is 0 Å². The molecule has 2 unspecified atom stereocenters. The van der Waals surface area contributed by atoms with Gasteiger partial charge in [-0.1, -0.05) is 19.8 Å². The first-order valence-corrected chi connectivity index (χ1v) is 7.75. The van der Waals surface area contributed by atoms with Crippen LogP contribution in [0.1, 0.15) is 53.4 Å². The fourth-order valence-electron chi connectivity index (χ4n) is 2.29. The Bertz CT molecular complexity index is 424. The van der Waals surface area contributed by atoms with Crippen LogP contribution in [-0.2, 0) is 14.8 Å². The average molecular weight is 277 g/mol. The van der Waals surface area contributed by atoms with Crippen LogP contribution in [0.2, 0.25) is 0 Å². The molecule has 5 nitrogen and oxygen atoms in total. The number of nitrogens with one attached hydrogen (secondary N) is 1. The van der Waals surface area contributed by atoms with E-state index in [2.05, 4.69) is 4.72 Å². The molecule has 0 aromatic heterocycles. The van der Waals surface area contributed by atoms with Crippen LogP contribution < -0.4 is 4.72 Å². The third-order valence-corrected chi connectivity index (χ3v) is 5.81. The minimum atomic E-state index is -3.66. The molecular weight excluding hydrogens is 254 g/mol. The summed E-state index contributed by atoms with van der Waals surface area (Å²) < 4.78 is 25.8. The zero-order valence-corrected chi connectivity index (χ0v) is 12.3. The van der Waals surface area contributed by atoms with Crippen molar-refractivity contribution in [3.05, 3.63) is 0 Å². The van der Waals surface area contributed by atoms with E-state index >= 15 is 0 Å². The van der Waals surface area contributed by atoms with Crippen molar-refractivity contribution >= 4 is 16.0 Å². The molecule has 2 atom stereocenters. The molecule has 0 radical (unpaired) electrons. The Morgan fingerprint density at radius 1 is 1.39 bits per heavy atom. The molecular formula is C12H23NO4S. The molecule has 2 N–H and O–H groups in total. The van der Waals surface area contributed by atoms with Crippen LogP contribution in [0.4, 0.5) is 0 Å². The molecule has 18 heavy (non-hydrogen) atoms. The van der Waals surface area contributed by atoms with E-state index in [4.69, 9.17) is 0 Å². The van der Waals surface area contributed by atoms with Crippen LogP contribution in [0.5, 0.6) is 0 Å². The number of sulfonamides is 1. The van der Waals surface area contributed by atoms with Crippen LogP contribution in [-0.4, -0.2) is 29.8 Å². The Hall–Kier alpha value is -0.620. The van der Waals surface area contributed by atoms with Gasteiger partial charge in [0, 0.05) is 0 Å². The van der Waals surface area contributed by atoms with Crippen LogP contribution >= 0.6 is 0 Å². The fourth-order valence-corrected chi connectivity index (χ4v) is 3.39. The molecule has 1 fully saturated rings. The minimum absolute atomic E-state index is 0.220. The monoisotopic (exact) mass is 277 g/mol. The summed E-state index contributed by atoms with van der Waals surface area (Å²) in [6.07, 6.45) is 2.41. The predicted molar refractivity (Wildman–Crippen MR) is 69.8 cm³/mol. The summed E-state index contributed by atoms with van der Waals surface area (Å²) in [4.78, 5) is 11.5. The number of carboxylic acid groups (broad SMARTS) is 1. The van der Waals surface area contributed by atoms with Crippen molar-refractivity contribution in [1.82, 2.24) is 4.72 Å². The van der Waals surface area contributed by atoms with Gasteiger partial charge in [0.25, 0.3) is 0 Å². The first-order chi connectivity index (χ1) is 8.00. The maximum absolute atomic E-state index is 12.2. The van der Waals surface area contributed by atoms with Crippen molar-refractivity contribution in [3.63, 3.8) is 0 Å². The zero-order chi connectivity index (χ0) is 14.2. The Labute approximate surface area is 109 Å². The molecule has 0 saturated heterocycles. The van der Waals surface area contributed by atoms with E-state index in [1.165, 1.54) is 0 Å². The molecule has 1 aliphatic rings. The lowest BCUT2D eigenvalue weighted by Crippen LogP contribution is -2.59. The Balaban J connectivity index is 3.05. The summed E-state index contributed by atoms with van der Waals surface area (Å²) in [5.74, 6) is -0.848. The van der Waals surface area contributed by atoms with Crippen LogP contribution in [0.15, 0.2) is 0 Å². The maximum Gasteiger partial charge on any atom is 0.324 e. The molecule has 0 amide bonds. The molecule has 106 valence electrons. The lowest BCUT2D eigenvalue weighted by Gasteiger charge is -2.38. The highest BCUT2D eigenvalue weighted by Crippen LogP contribution is 2.34. The Morgan fingerprint density at radius 2 is 1.94 bits per heavy atom. The Kier molecular flexibility index (Phi) is 4.13. The second-order valence-corrected chi connectivity index (χ2v) is 8.74. The lowest BCUT2D eigenvalue weighted by atomic mass is 9.77. The number of hydrogen-bond donors (Lipinski definition) is 2. The first kappa shape index (κ1) is 15.4. The van der Waals surface area contributed by atoms with Crippen molar-refractivity contribution in [1.29, 1.82) is 0 Å². The number of rotatable bonds is 3. The van der Waals surface area contributed by atoms with E-state index in [0.717, 1.165) is 12.8 Å². The van der Waals surface area contributed by atoms with Crippen molar-refractivity contribution in [3.8, 4) is 0 Å². The number of hydrogen-bond acceptors (Lipinski definition) is 3. The van der Waals surface area contributed by atoms with Gasteiger partial charge in [0.05, 0.1) is 4.75 Å². The molecule has 1 saturated carbocycles. The second kappa shape index (κ2) is 4.81. The summed E-state index contributed by atoms with van der Waals surface area (Å²) in [6.45, 7) is 6.66. The molecule has 0 aliphatic heterocycles. The quantitative estimate of drug-likeness (QED) is 0.823. The predicted octanol–water partition coefficient (Wildman–Crippen LogP) is 1.74. The van der Waals surface area contributed by atoms with Gasteiger partial charge in [-0.05, 0) is 39.5 Å². The minimum Gasteiger partial charge on any atom is -0.480 e.